The predicted octanol–water partition coefficient (Wildman–Crippen LogP) is 2.92. The van der Waals surface area contributed by atoms with Gasteiger partial charge in [0.25, 0.3) is 5.91 Å². The summed E-state index contributed by atoms with van der Waals surface area (Å²) in [5.41, 5.74) is 1.55. The first kappa shape index (κ1) is 14.2. The Hall–Kier alpha value is -2.73. The van der Waals surface area contributed by atoms with Crippen LogP contribution >= 0.6 is 11.6 Å². The van der Waals surface area contributed by atoms with E-state index in [4.69, 9.17) is 11.6 Å². The number of allylic oxidation sites excluding steroid dienone is 1. The van der Waals surface area contributed by atoms with Gasteiger partial charge >= 0.3 is 0 Å². The molecule has 0 atom stereocenters. The summed E-state index contributed by atoms with van der Waals surface area (Å²) in [4.78, 5) is 24.7. The fraction of sp³-hybridized carbons (Fsp3) is 0.0667. The summed E-state index contributed by atoms with van der Waals surface area (Å²) in [6.07, 6.45) is 3.33. The topological polar surface area (TPSA) is 72.7 Å². The summed E-state index contributed by atoms with van der Waals surface area (Å²) < 4.78 is 1.77. The Morgan fingerprint density at radius 1 is 1.32 bits per heavy atom. The number of hydrogen-bond donors (Lipinski definition) is 1. The van der Waals surface area contributed by atoms with Gasteiger partial charge in [-0.2, -0.15) is 9.97 Å². The predicted molar refractivity (Wildman–Crippen MR) is 84.9 cm³/mol. The first-order chi connectivity index (χ1) is 10.7. The molecule has 0 fully saturated rings. The second-order valence-electron chi connectivity index (χ2n) is 4.52. The van der Waals surface area contributed by atoms with Gasteiger partial charge in [0.1, 0.15) is 5.52 Å². The van der Waals surface area contributed by atoms with Crippen molar-refractivity contribution >= 4 is 34.6 Å². The van der Waals surface area contributed by atoms with E-state index in [1.807, 2.05) is 6.07 Å². The van der Waals surface area contributed by atoms with Gasteiger partial charge in [0.05, 0.1) is 6.33 Å². The maximum Gasteiger partial charge on any atom is 0.258 e. The molecule has 110 valence electrons. The number of anilines is 1. The van der Waals surface area contributed by atoms with Crippen LogP contribution in [0.1, 0.15) is 10.4 Å². The van der Waals surface area contributed by atoms with Gasteiger partial charge in [-0.3, -0.25) is 10.1 Å². The zero-order valence-electron chi connectivity index (χ0n) is 11.5. The average molecular weight is 314 g/mol. The quantitative estimate of drug-likeness (QED) is 0.594. The molecule has 7 heteroatoms. The zero-order chi connectivity index (χ0) is 15.5. The van der Waals surface area contributed by atoms with Crippen LogP contribution in [0.4, 0.5) is 5.95 Å². The number of nitrogens with one attached hydrogen (secondary N) is 1. The molecule has 0 saturated heterocycles. The molecule has 3 rings (SSSR count). The highest BCUT2D eigenvalue weighted by molar-refractivity contribution is 6.33. The van der Waals surface area contributed by atoms with Gasteiger partial charge in [-0.25, -0.2) is 4.98 Å². The molecule has 22 heavy (non-hydrogen) atoms. The molecule has 0 aliphatic carbocycles. The lowest BCUT2D eigenvalue weighted by atomic mass is 10.2. The number of nitrogens with zero attached hydrogens (tertiary/aromatic N) is 4. The second kappa shape index (κ2) is 5.95. The van der Waals surface area contributed by atoms with Crippen LogP contribution in [0, 0.1) is 0 Å². The molecule has 0 aliphatic rings. The maximum atomic E-state index is 12.1. The fourth-order valence-corrected chi connectivity index (χ4v) is 2.22. The number of carbonyl (C=O) groups excluding carboxylic acids is 1. The molecular formula is C15H12ClN5O. The number of carbonyl (C=O) groups is 1. The smallest absolute Gasteiger partial charge is 0.258 e. The lowest BCUT2D eigenvalue weighted by molar-refractivity contribution is 0.102. The normalized spacial score (nSPS) is 10.6. The Morgan fingerprint density at radius 2 is 2.09 bits per heavy atom. The maximum absolute atomic E-state index is 12.1. The third-order valence-electron chi connectivity index (χ3n) is 3.01. The van der Waals surface area contributed by atoms with Gasteiger partial charge in [-0.05, 0) is 12.1 Å². The molecule has 1 aromatic carbocycles. The number of fused-ring (bicyclic) bond motifs is 1. The van der Waals surface area contributed by atoms with Crippen LogP contribution in [0.2, 0.25) is 5.15 Å². The van der Waals surface area contributed by atoms with Crippen molar-refractivity contribution in [2.24, 2.45) is 0 Å². The van der Waals surface area contributed by atoms with Crippen LogP contribution in [0.5, 0.6) is 0 Å². The standard InChI is InChI=1S/C15H12ClN5O/c1-2-8-21-9-17-11-12(16)18-15(19-13(11)21)20-14(22)10-6-4-3-5-7-10/h2-7,9H,1,8H2,(H,18,19,20,22). The Labute approximate surface area is 131 Å². The molecule has 2 aromatic heterocycles. The van der Waals surface area contributed by atoms with Crippen LogP contribution in [-0.4, -0.2) is 25.4 Å². The van der Waals surface area contributed by atoms with Gasteiger partial charge in [-0.15, -0.1) is 6.58 Å². The molecule has 1 N–H and O–H groups in total. The van der Waals surface area contributed by atoms with Crippen LogP contribution < -0.4 is 5.32 Å². The zero-order valence-corrected chi connectivity index (χ0v) is 12.3. The highest BCUT2D eigenvalue weighted by atomic mass is 35.5. The molecule has 2 heterocycles. The highest BCUT2D eigenvalue weighted by Crippen LogP contribution is 2.20. The molecular weight excluding hydrogens is 302 g/mol. The summed E-state index contributed by atoms with van der Waals surface area (Å²) in [6.45, 7) is 4.22. The molecule has 6 nitrogen and oxygen atoms in total. The van der Waals surface area contributed by atoms with Crippen molar-refractivity contribution in [3.8, 4) is 0 Å². The van der Waals surface area contributed by atoms with Crippen LogP contribution in [-0.2, 0) is 6.54 Å². The number of amides is 1. The molecule has 0 spiro atoms. The highest BCUT2D eigenvalue weighted by Gasteiger charge is 2.13. The fourth-order valence-electron chi connectivity index (χ4n) is 2.00. The third kappa shape index (κ3) is 2.68. The first-order valence-corrected chi connectivity index (χ1v) is 6.92. The SMILES string of the molecule is C=CCn1cnc2c(Cl)nc(NC(=O)c3ccccc3)nc21. The summed E-state index contributed by atoms with van der Waals surface area (Å²) >= 11 is 6.10. The lowest BCUT2D eigenvalue weighted by Gasteiger charge is -2.05. The molecule has 0 radical (unpaired) electrons. The van der Waals surface area contributed by atoms with Crippen molar-refractivity contribution in [1.29, 1.82) is 0 Å². The van der Waals surface area contributed by atoms with E-state index in [0.717, 1.165) is 0 Å². The molecule has 1 amide bonds. The number of benzene rings is 1. The number of hydrogen-bond acceptors (Lipinski definition) is 4. The average Bonchev–Trinajstić information content (AvgIpc) is 2.92. The van der Waals surface area contributed by atoms with E-state index in [0.29, 0.717) is 23.3 Å². The second-order valence-corrected chi connectivity index (χ2v) is 4.87. The van der Waals surface area contributed by atoms with Crippen molar-refractivity contribution in [3.63, 3.8) is 0 Å². The van der Waals surface area contributed by atoms with Crippen LogP contribution in [0.25, 0.3) is 11.2 Å². The molecule has 0 bridgehead atoms. The summed E-state index contributed by atoms with van der Waals surface area (Å²) in [6, 6.07) is 8.81. The Bertz CT molecular complexity index is 844. The number of aromatic nitrogens is 4. The van der Waals surface area contributed by atoms with Crippen LogP contribution in [0.3, 0.4) is 0 Å². The molecule has 0 aliphatic heterocycles. The van der Waals surface area contributed by atoms with Gasteiger partial charge in [-0.1, -0.05) is 35.9 Å². The first-order valence-electron chi connectivity index (χ1n) is 6.54. The molecule has 3 aromatic rings. The summed E-state index contributed by atoms with van der Waals surface area (Å²) in [7, 11) is 0. The molecule has 0 saturated carbocycles. The molecule has 0 unspecified atom stereocenters. The van der Waals surface area contributed by atoms with E-state index in [1.54, 1.807) is 41.2 Å². The Balaban J connectivity index is 1.95. The lowest BCUT2D eigenvalue weighted by Crippen LogP contribution is -2.14. The van der Waals surface area contributed by atoms with Crippen molar-refractivity contribution < 1.29 is 4.79 Å². The van der Waals surface area contributed by atoms with E-state index in [2.05, 4.69) is 26.8 Å². The minimum atomic E-state index is -0.300. The van der Waals surface area contributed by atoms with Crippen LogP contribution in [0.15, 0.2) is 49.3 Å². The van der Waals surface area contributed by atoms with Crippen molar-refractivity contribution in [2.45, 2.75) is 6.54 Å². The monoisotopic (exact) mass is 313 g/mol. The minimum Gasteiger partial charge on any atom is -0.311 e. The van der Waals surface area contributed by atoms with Crippen molar-refractivity contribution in [3.05, 3.63) is 60.0 Å². The minimum absolute atomic E-state index is 0.136. The van der Waals surface area contributed by atoms with E-state index in [9.17, 15) is 4.79 Å². The van der Waals surface area contributed by atoms with E-state index < -0.39 is 0 Å². The number of imidazole rings is 1. The largest absolute Gasteiger partial charge is 0.311 e. The van der Waals surface area contributed by atoms with E-state index in [1.165, 1.54) is 0 Å². The van der Waals surface area contributed by atoms with Gasteiger partial charge in [0.2, 0.25) is 5.95 Å². The Kier molecular flexibility index (Phi) is 3.84. The number of halogens is 1. The van der Waals surface area contributed by atoms with Crippen molar-refractivity contribution in [1.82, 2.24) is 19.5 Å². The van der Waals surface area contributed by atoms with Crippen molar-refractivity contribution in [2.75, 3.05) is 5.32 Å². The summed E-state index contributed by atoms with van der Waals surface area (Å²) in [5, 5.41) is 2.83. The summed E-state index contributed by atoms with van der Waals surface area (Å²) in [5.74, 6) is -0.164. The van der Waals surface area contributed by atoms with E-state index in [-0.39, 0.29) is 17.0 Å². The number of rotatable bonds is 4. The third-order valence-corrected chi connectivity index (χ3v) is 3.27. The van der Waals surface area contributed by atoms with E-state index >= 15 is 0 Å². The van der Waals surface area contributed by atoms with Gasteiger partial charge in [0.15, 0.2) is 10.8 Å². The van der Waals surface area contributed by atoms with Gasteiger partial charge in [0, 0.05) is 12.1 Å². The Morgan fingerprint density at radius 3 is 2.82 bits per heavy atom. The van der Waals surface area contributed by atoms with Gasteiger partial charge < -0.3 is 4.57 Å².